The van der Waals surface area contributed by atoms with Crippen LogP contribution >= 0.6 is 0 Å². The van der Waals surface area contributed by atoms with Crippen molar-refractivity contribution in [1.29, 1.82) is 0 Å². The van der Waals surface area contributed by atoms with Crippen molar-refractivity contribution >= 4 is 9.84 Å². The van der Waals surface area contributed by atoms with Crippen LogP contribution in [0.2, 0.25) is 0 Å². The van der Waals surface area contributed by atoms with Crippen LogP contribution in [0.3, 0.4) is 0 Å². The molecule has 4 saturated carbocycles. The second-order valence-corrected chi connectivity index (χ2v) is 13.1. The van der Waals surface area contributed by atoms with E-state index in [2.05, 4.69) is 13.5 Å². The van der Waals surface area contributed by atoms with E-state index in [0.29, 0.717) is 30.1 Å². The molecule has 4 aliphatic rings. The molecule has 0 bridgehead atoms. The molecule has 32 heavy (non-hydrogen) atoms. The Kier molecular flexibility index (Phi) is 5.18. The Bertz CT molecular complexity index is 1010. The van der Waals surface area contributed by atoms with Crippen molar-refractivity contribution in [3.8, 4) is 0 Å². The fraction of sp³-hybridized carbons (Fsp3) is 0.692. The van der Waals surface area contributed by atoms with Gasteiger partial charge in [-0.1, -0.05) is 37.3 Å². The van der Waals surface area contributed by atoms with Crippen LogP contribution in [0.25, 0.3) is 0 Å². The number of alkyl halides is 2. The molecule has 0 heterocycles. The smallest absolute Gasteiger partial charge is 0.377 e. The van der Waals surface area contributed by atoms with E-state index in [4.69, 9.17) is 0 Å². The van der Waals surface area contributed by atoms with Crippen molar-refractivity contribution in [1.82, 2.24) is 0 Å². The SMILES string of the molecule is C=C1CC[C@H]2[C@@H]3CC[C@@H]4C[C@](O)(C(F)(F)S(=O)(=O)c5ccccc5)CC[C@@H]4[C@H]3CC[C@]12C. The minimum absolute atomic E-state index is 0.0409. The van der Waals surface area contributed by atoms with E-state index in [0.717, 1.165) is 32.1 Å². The Morgan fingerprint density at radius 2 is 1.69 bits per heavy atom. The Morgan fingerprint density at radius 3 is 2.41 bits per heavy atom. The monoisotopic (exact) mass is 464 g/mol. The van der Waals surface area contributed by atoms with E-state index in [1.807, 2.05) is 0 Å². The normalized spacial score (nSPS) is 42.1. The van der Waals surface area contributed by atoms with Gasteiger partial charge in [0.1, 0.15) is 5.60 Å². The molecule has 1 aromatic rings. The molecule has 6 heteroatoms. The van der Waals surface area contributed by atoms with E-state index in [1.54, 1.807) is 6.07 Å². The number of hydrogen-bond acceptors (Lipinski definition) is 3. The van der Waals surface area contributed by atoms with Crippen LogP contribution in [-0.4, -0.2) is 24.4 Å². The third-order valence-corrected chi connectivity index (χ3v) is 11.8. The van der Waals surface area contributed by atoms with Crippen LogP contribution in [0, 0.1) is 35.0 Å². The molecule has 0 saturated heterocycles. The lowest BCUT2D eigenvalue weighted by molar-refractivity contribution is -0.177. The molecule has 0 unspecified atom stereocenters. The van der Waals surface area contributed by atoms with Crippen LogP contribution in [0.1, 0.15) is 64.7 Å². The maximum atomic E-state index is 15.5. The Labute approximate surface area is 190 Å². The predicted molar refractivity (Wildman–Crippen MR) is 120 cm³/mol. The average Bonchev–Trinajstić information content (AvgIpc) is 3.08. The summed E-state index contributed by atoms with van der Waals surface area (Å²) < 4.78 is 56.6. The van der Waals surface area contributed by atoms with E-state index < -0.39 is 25.6 Å². The largest absolute Gasteiger partial charge is 0.382 e. The van der Waals surface area contributed by atoms with Crippen LogP contribution < -0.4 is 0 Å². The summed E-state index contributed by atoms with van der Waals surface area (Å²) in [4.78, 5) is -0.433. The first-order chi connectivity index (χ1) is 15.0. The molecule has 4 aliphatic carbocycles. The third kappa shape index (κ3) is 3.01. The second-order valence-electron chi connectivity index (χ2n) is 11.1. The third-order valence-electron chi connectivity index (χ3n) is 9.90. The number of aliphatic hydroxyl groups is 1. The van der Waals surface area contributed by atoms with E-state index >= 15 is 8.78 Å². The van der Waals surface area contributed by atoms with Gasteiger partial charge in [0.05, 0.1) is 4.90 Å². The first-order valence-electron chi connectivity index (χ1n) is 12.1. The van der Waals surface area contributed by atoms with Crippen molar-refractivity contribution in [2.75, 3.05) is 0 Å². The first-order valence-corrected chi connectivity index (χ1v) is 13.6. The van der Waals surface area contributed by atoms with Crippen LogP contribution in [0.5, 0.6) is 0 Å². The van der Waals surface area contributed by atoms with Gasteiger partial charge < -0.3 is 5.11 Å². The van der Waals surface area contributed by atoms with Gasteiger partial charge in [0.15, 0.2) is 0 Å². The molecule has 0 aromatic heterocycles. The molecule has 0 spiro atoms. The van der Waals surface area contributed by atoms with Crippen LogP contribution in [0.15, 0.2) is 47.4 Å². The molecule has 0 aliphatic heterocycles. The Hall–Kier alpha value is -1.27. The quantitative estimate of drug-likeness (QED) is 0.559. The number of halogens is 2. The molecule has 1 aromatic carbocycles. The molecule has 4 fully saturated rings. The lowest BCUT2D eigenvalue weighted by atomic mass is 9.49. The molecule has 7 atom stereocenters. The van der Waals surface area contributed by atoms with Crippen molar-refractivity contribution < 1.29 is 22.3 Å². The second kappa shape index (κ2) is 7.36. The highest BCUT2D eigenvalue weighted by molar-refractivity contribution is 7.92. The van der Waals surface area contributed by atoms with E-state index in [1.165, 1.54) is 36.3 Å². The fourth-order valence-electron chi connectivity index (χ4n) is 8.05. The molecular weight excluding hydrogens is 430 g/mol. The zero-order valence-corrected chi connectivity index (χ0v) is 19.6. The molecule has 0 amide bonds. The van der Waals surface area contributed by atoms with Crippen molar-refractivity contribution in [2.24, 2.45) is 35.0 Å². The molecular formula is C26H34F2O3S. The van der Waals surface area contributed by atoms with Gasteiger partial charge in [-0.3, -0.25) is 0 Å². The maximum absolute atomic E-state index is 15.5. The summed E-state index contributed by atoms with van der Waals surface area (Å²) in [5.41, 5.74) is -0.910. The topological polar surface area (TPSA) is 54.4 Å². The van der Waals surface area contributed by atoms with Gasteiger partial charge in [0.2, 0.25) is 9.84 Å². The minimum atomic E-state index is -4.98. The average molecular weight is 465 g/mol. The lowest BCUT2D eigenvalue weighted by Crippen LogP contribution is -2.58. The van der Waals surface area contributed by atoms with Gasteiger partial charge >= 0.3 is 5.25 Å². The van der Waals surface area contributed by atoms with Gasteiger partial charge in [0.25, 0.3) is 0 Å². The lowest BCUT2D eigenvalue weighted by Gasteiger charge is -2.57. The summed E-state index contributed by atoms with van der Waals surface area (Å²) in [5.74, 6) is 2.01. The number of sulfone groups is 1. The van der Waals surface area contributed by atoms with Crippen LogP contribution in [-0.2, 0) is 9.84 Å². The highest BCUT2D eigenvalue weighted by Gasteiger charge is 2.65. The zero-order chi connectivity index (χ0) is 22.9. The predicted octanol–water partition coefficient (Wildman–Crippen LogP) is 5.99. The van der Waals surface area contributed by atoms with Gasteiger partial charge in [-0.05, 0) is 105 Å². The van der Waals surface area contributed by atoms with E-state index in [9.17, 15) is 13.5 Å². The molecule has 0 radical (unpaired) electrons. The van der Waals surface area contributed by atoms with Gasteiger partial charge in [0, 0.05) is 0 Å². The highest BCUT2D eigenvalue weighted by Crippen LogP contribution is 2.65. The summed E-state index contributed by atoms with van der Waals surface area (Å²) in [6, 6.07) is 6.81. The summed E-state index contributed by atoms with van der Waals surface area (Å²) in [7, 11) is -4.98. The number of allylic oxidation sites excluding steroid dienone is 1. The van der Waals surface area contributed by atoms with E-state index in [-0.39, 0.29) is 24.2 Å². The number of rotatable bonds is 3. The Morgan fingerprint density at radius 1 is 1.00 bits per heavy atom. The minimum Gasteiger partial charge on any atom is -0.382 e. The molecule has 1 N–H and O–H groups in total. The summed E-state index contributed by atoms with van der Waals surface area (Å²) >= 11 is 0. The Balaban J connectivity index is 1.38. The molecule has 176 valence electrons. The summed E-state index contributed by atoms with van der Waals surface area (Å²) in [6.45, 7) is 6.72. The van der Waals surface area contributed by atoms with Crippen LogP contribution in [0.4, 0.5) is 8.78 Å². The standard InChI is InChI=1S/C26H34F2O3S/c1-17-8-11-23-22-10-9-18-16-25(29,15-13-20(18)21(22)12-14-24(17,23)2)26(27,28)32(30,31)19-6-4-3-5-7-19/h3-7,18,20-23,29H,1,8-16H2,2H3/t18-,20+,21-,22-,23+,24-,25+/m1/s1. The molecule has 5 rings (SSSR count). The maximum Gasteiger partial charge on any atom is 0.377 e. The van der Waals surface area contributed by atoms with Gasteiger partial charge in [-0.2, -0.15) is 8.78 Å². The first kappa shape index (κ1) is 22.5. The fourth-order valence-corrected chi connectivity index (χ4v) is 9.54. The van der Waals surface area contributed by atoms with Gasteiger partial charge in [-0.25, -0.2) is 8.42 Å². The van der Waals surface area contributed by atoms with Crippen molar-refractivity contribution in [3.63, 3.8) is 0 Å². The summed E-state index contributed by atoms with van der Waals surface area (Å²) in [5, 5.41) is 6.91. The van der Waals surface area contributed by atoms with Gasteiger partial charge in [-0.15, -0.1) is 0 Å². The zero-order valence-electron chi connectivity index (χ0n) is 18.8. The number of hydrogen-bond donors (Lipinski definition) is 1. The van der Waals surface area contributed by atoms with Crippen molar-refractivity contribution in [2.45, 2.75) is 80.5 Å². The highest BCUT2D eigenvalue weighted by atomic mass is 32.2. The summed E-state index contributed by atoms with van der Waals surface area (Å²) in [6.07, 6.45) is 6.47. The number of benzene rings is 1. The number of fused-ring (bicyclic) bond motifs is 5. The van der Waals surface area contributed by atoms with Crippen molar-refractivity contribution in [3.05, 3.63) is 42.5 Å². The molecule has 3 nitrogen and oxygen atoms in total.